The maximum absolute atomic E-state index is 12.5. The minimum atomic E-state index is -3.89. The zero-order chi connectivity index (χ0) is 20.6. The summed E-state index contributed by atoms with van der Waals surface area (Å²) in [6.45, 7) is 1.79. The largest absolute Gasteiger partial charge is 0.332 e. The SMILES string of the molecule is Cc1ccc(CS(=O)(=O)NC(=O)Nc2c3c(cc4c2CCC4)CCC3)cc1C#N. The molecule has 0 atom stereocenters. The molecule has 0 radical (unpaired) electrons. The molecule has 4 rings (SSSR count). The first-order chi connectivity index (χ1) is 13.9. The number of carbonyl (C=O) groups is 1. The van der Waals surface area contributed by atoms with Gasteiger partial charge in [0.25, 0.3) is 0 Å². The van der Waals surface area contributed by atoms with Crippen molar-refractivity contribution in [3.63, 3.8) is 0 Å². The normalized spacial score (nSPS) is 14.8. The zero-order valence-electron chi connectivity index (χ0n) is 16.3. The number of nitriles is 1. The van der Waals surface area contributed by atoms with Crippen molar-refractivity contribution in [2.75, 3.05) is 5.32 Å². The first-order valence-corrected chi connectivity index (χ1v) is 11.5. The topological polar surface area (TPSA) is 99.1 Å². The molecule has 7 heteroatoms. The third kappa shape index (κ3) is 3.99. The van der Waals surface area contributed by atoms with Gasteiger partial charge < -0.3 is 5.32 Å². The number of rotatable bonds is 4. The van der Waals surface area contributed by atoms with Crippen LogP contribution in [0.1, 0.15) is 51.8 Å². The van der Waals surface area contributed by atoms with Crippen LogP contribution < -0.4 is 10.0 Å². The van der Waals surface area contributed by atoms with E-state index in [-0.39, 0.29) is 5.75 Å². The first-order valence-electron chi connectivity index (χ1n) is 9.84. The van der Waals surface area contributed by atoms with Gasteiger partial charge in [0.15, 0.2) is 0 Å². The van der Waals surface area contributed by atoms with E-state index in [0.29, 0.717) is 11.1 Å². The average Bonchev–Trinajstić information content (AvgIpc) is 3.31. The summed E-state index contributed by atoms with van der Waals surface area (Å²) in [5.41, 5.74) is 7.32. The number of amides is 2. The van der Waals surface area contributed by atoms with Gasteiger partial charge in [0.05, 0.1) is 17.4 Å². The molecule has 0 saturated carbocycles. The summed E-state index contributed by atoms with van der Waals surface area (Å²) in [6.07, 6.45) is 5.94. The van der Waals surface area contributed by atoms with Crippen LogP contribution in [0.25, 0.3) is 0 Å². The van der Waals surface area contributed by atoms with E-state index in [4.69, 9.17) is 5.26 Å². The van der Waals surface area contributed by atoms with Crippen molar-refractivity contribution in [1.82, 2.24) is 4.72 Å². The van der Waals surface area contributed by atoms with E-state index in [1.165, 1.54) is 11.1 Å². The summed E-state index contributed by atoms with van der Waals surface area (Å²) < 4.78 is 27.1. The summed E-state index contributed by atoms with van der Waals surface area (Å²) in [7, 11) is -3.89. The van der Waals surface area contributed by atoms with Crippen molar-refractivity contribution in [3.8, 4) is 6.07 Å². The van der Waals surface area contributed by atoms with Crippen molar-refractivity contribution >= 4 is 21.7 Å². The Bertz CT molecular complexity index is 1110. The first kappa shape index (κ1) is 19.5. The Morgan fingerprint density at radius 2 is 1.72 bits per heavy atom. The fourth-order valence-corrected chi connectivity index (χ4v) is 5.41. The summed E-state index contributed by atoms with van der Waals surface area (Å²) in [6, 6.07) is 8.49. The monoisotopic (exact) mass is 409 g/mol. The molecular formula is C22H23N3O3S. The predicted molar refractivity (Wildman–Crippen MR) is 111 cm³/mol. The Labute approximate surface area is 171 Å². The molecule has 0 aromatic heterocycles. The number of urea groups is 1. The van der Waals surface area contributed by atoms with Gasteiger partial charge in [0, 0.05) is 5.69 Å². The summed E-state index contributed by atoms with van der Waals surface area (Å²) in [5.74, 6) is -0.361. The van der Waals surface area contributed by atoms with Gasteiger partial charge in [-0.25, -0.2) is 17.9 Å². The van der Waals surface area contributed by atoms with Gasteiger partial charge in [-0.05, 0) is 84.9 Å². The fraction of sp³-hybridized carbons (Fsp3) is 0.364. The van der Waals surface area contributed by atoms with Gasteiger partial charge in [-0.2, -0.15) is 5.26 Å². The summed E-state index contributed by atoms with van der Waals surface area (Å²) >= 11 is 0. The van der Waals surface area contributed by atoms with Crippen LogP contribution in [0.15, 0.2) is 24.3 Å². The molecular weight excluding hydrogens is 386 g/mol. The van der Waals surface area contributed by atoms with Crippen LogP contribution in [-0.4, -0.2) is 14.4 Å². The van der Waals surface area contributed by atoms with Gasteiger partial charge in [0.2, 0.25) is 10.0 Å². The standard InChI is InChI=1S/C22H23N3O3S/c1-14-8-9-15(10-18(14)12-23)13-29(27,28)25-22(26)24-21-19-6-2-4-16(19)11-17-5-3-7-20(17)21/h8-11H,2-7,13H2,1H3,(H2,24,25,26). The van der Waals surface area contributed by atoms with Gasteiger partial charge in [-0.1, -0.05) is 18.2 Å². The third-order valence-electron chi connectivity index (χ3n) is 5.74. The highest BCUT2D eigenvalue weighted by Gasteiger charge is 2.26. The lowest BCUT2D eigenvalue weighted by Gasteiger charge is -2.16. The lowest BCUT2D eigenvalue weighted by molar-refractivity contribution is 0.256. The van der Waals surface area contributed by atoms with Crippen molar-refractivity contribution < 1.29 is 13.2 Å². The number of carbonyl (C=O) groups excluding carboxylic acids is 1. The van der Waals surface area contributed by atoms with E-state index in [2.05, 4.69) is 16.1 Å². The van der Waals surface area contributed by atoms with Gasteiger partial charge in [-0.15, -0.1) is 0 Å². The Balaban J connectivity index is 1.51. The fourth-order valence-electron chi connectivity index (χ4n) is 4.38. The number of sulfonamides is 1. The molecule has 2 aromatic carbocycles. The van der Waals surface area contributed by atoms with Crippen LogP contribution in [0.4, 0.5) is 10.5 Å². The summed E-state index contributed by atoms with van der Waals surface area (Å²) in [5, 5.41) is 12.0. The van der Waals surface area contributed by atoms with Crippen LogP contribution in [0.2, 0.25) is 0 Å². The van der Waals surface area contributed by atoms with E-state index < -0.39 is 16.1 Å². The summed E-state index contributed by atoms with van der Waals surface area (Å²) in [4.78, 5) is 12.5. The number of anilines is 1. The van der Waals surface area contributed by atoms with Crippen molar-refractivity contribution in [2.24, 2.45) is 0 Å². The Morgan fingerprint density at radius 1 is 1.07 bits per heavy atom. The van der Waals surface area contributed by atoms with E-state index in [0.717, 1.165) is 60.9 Å². The molecule has 2 aliphatic rings. The maximum atomic E-state index is 12.5. The molecule has 2 amide bonds. The maximum Gasteiger partial charge on any atom is 0.332 e. The molecule has 0 aliphatic heterocycles. The highest BCUT2D eigenvalue weighted by molar-refractivity contribution is 7.89. The zero-order valence-corrected chi connectivity index (χ0v) is 17.2. The highest BCUT2D eigenvalue weighted by Crippen LogP contribution is 2.38. The highest BCUT2D eigenvalue weighted by atomic mass is 32.2. The van der Waals surface area contributed by atoms with Crippen molar-refractivity contribution in [1.29, 1.82) is 5.26 Å². The molecule has 2 aromatic rings. The number of nitrogens with zero attached hydrogens (tertiary/aromatic N) is 1. The molecule has 6 nitrogen and oxygen atoms in total. The van der Waals surface area contributed by atoms with Crippen LogP contribution in [0, 0.1) is 18.3 Å². The molecule has 2 aliphatic carbocycles. The average molecular weight is 410 g/mol. The second-order valence-electron chi connectivity index (χ2n) is 7.81. The van der Waals surface area contributed by atoms with Crippen LogP contribution in [-0.2, 0) is 41.5 Å². The predicted octanol–water partition coefficient (Wildman–Crippen LogP) is 3.50. The molecule has 150 valence electrons. The Morgan fingerprint density at radius 3 is 2.34 bits per heavy atom. The van der Waals surface area contributed by atoms with Gasteiger partial charge >= 0.3 is 6.03 Å². The van der Waals surface area contributed by atoms with Crippen molar-refractivity contribution in [2.45, 2.75) is 51.2 Å². The lowest BCUT2D eigenvalue weighted by atomic mass is 9.99. The second-order valence-corrected chi connectivity index (χ2v) is 9.53. The van der Waals surface area contributed by atoms with Crippen molar-refractivity contribution in [3.05, 3.63) is 63.2 Å². The van der Waals surface area contributed by atoms with E-state index in [1.807, 2.05) is 6.07 Å². The third-order valence-corrected chi connectivity index (χ3v) is 6.95. The smallest absolute Gasteiger partial charge is 0.307 e. The lowest BCUT2D eigenvalue weighted by Crippen LogP contribution is -2.35. The molecule has 0 bridgehead atoms. The molecule has 29 heavy (non-hydrogen) atoms. The molecule has 0 spiro atoms. The number of hydrogen-bond acceptors (Lipinski definition) is 4. The minimum absolute atomic E-state index is 0.361. The molecule has 0 unspecified atom stereocenters. The second kappa shape index (κ2) is 7.53. The number of benzene rings is 2. The molecule has 0 saturated heterocycles. The van der Waals surface area contributed by atoms with Crippen LogP contribution in [0.5, 0.6) is 0 Å². The number of hydrogen-bond donors (Lipinski definition) is 2. The van der Waals surface area contributed by atoms with Gasteiger partial charge in [0.1, 0.15) is 0 Å². The molecule has 2 N–H and O–H groups in total. The van der Waals surface area contributed by atoms with Gasteiger partial charge in [-0.3, -0.25) is 0 Å². The van der Waals surface area contributed by atoms with Crippen LogP contribution >= 0.6 is 0 Å². The number of fused-ring (bicyclic) bond motifs is 2. The quantitative estimate of drug-likeness (QED) is 0.807. The van der Waals surface area contributed by atoms with E-state index in [1.54, 1.807) is 25.1 Å². The van der Waals surface area contributed by atoms with Crippen LogP contribution in [0.3, 0.4) is 0 Å². The number of aryl methyl sites for hydroxylation is 3. The number of nitrogens with one attached hydrogen (secondary N) is 2. The Hall–Kier alpha value is -2.85. The Kier molecular flexibility index (Phi) is 5.05. The molecule has 0 heterocycles. The molecule has 0 fully saturated rings. The minimum Gasteiger partial charge on any atom is -0.307 e. The van der Waals surface area contributed by atoms with E-state index >= 15 is 0 Å². The van der Waals surface area contributed by atoms with E-state index in [9.17, 15) is 13.2 Å².